The molecule has 0 fully saturated rings. The molecule has 0 saturated carbocycles. The van der Waals surface area contributed by atoms with Gasteiger partial charge in [-0.05, 0) is 74.1 Å². The van der Waals surface area contributed by atoms with E-state index in [0.717, 1.165) is 55.3 Å². The van der Waals surface area contributed by atoms with Crippen molar-refractivity contribution < 1.29 is 18.0 Å². The SMILES string of the molecule is CCN(C)C(=O)CCCS(=O)(=O)NC(=O)Nc1c2c(cc3c1CCC3)CCC2. The summed E-state index contributed by atoms with van der Waals surface area (Å²) in [4.78, 5) is 25.7. The minimum atomic E-state index is -3.79. The monoisotopic (exact) mass is 407 g/mol. The molecule has 3 amide bonds. The molecule has 0 saturated heterocycles. The zero-order chi connectivity index (χ0) is 20.3. The summed E-state index contributed by atoms with van der Waals surface area (Å²) in [6.45, 7) is 2.44. The molecular formula is C20H29N3O4S. The molecule has 1 aromatic rings. The summed E-state index contributed by atoms with van der Waals surface area (Å²) in [7, 11) is -2.11. The van der Waals surface area contributed by atoms with E-state index in [2.05, 4.69) is 16.1 Å². The van der Waals surface area contributed by atoms with Gasteiger partial charge in [-0.15, -0.1) is 0 Å². The van der Waals surface area contributed by atoms with Gasteiger partial charge in [-0.25, -0.2) is 17.9 Å². The van der Waals surface area contributed by atoms with E-state index in [9.17, 15) is 18.0 Å². The quantitative estimate of drug-likeness (QED) is 0.725. The lowest BCUT2D eigenvalue weighted by molar-refractivity contribution is -0.129. The van der Waals surface area contributed by atoms with Gasteiger partial charge in [0.05, 0.1) is 5.75 Å². The van der Waals surface area contributed by atoms with E-state index in [-0.39, 0.29) is 24.5 Å². The van der Waals surface area contributed by atoms with Crippen LogP contribution in [0.15, 0.2) is 6.07 Å². The molecule has 0 radical (unpaired) electrons. The smallest absolute Gasteiger partial charge is 0.332 e. The van der Waals surface area contributed by atoms with Gasteiger partial charge in [0.1, 0.15) is 0 Å². The van der Waals surface area contributed by atoms with Crippen molar-refractivity contribution in [1.82, 2.24) is 9.62 Å². The number of nitrogens with one attached hydrogen (secondary N) is 2. The summed E-state index contributed by atoms with van der Waals surface area (Å²) in [5.74, 6) is -0.355. The van der Waals surface area contributed by atoms with Crippen molar-refractivity contribution in [1.29, 1.82) is 0 Å². The van der Waals surface area contributed by atoms with Crippen LogP contribution in [0.3, 0.4) is 0 Å². The molecule has 8 heteroatoms. The zero-order valence-electron chi connectivity index (χ0n) is 16.6. The maximum atomic E-state index is 12.4. The fraction of sp³-hybridized carbons (Fsp3) is 0.600. The van der Waals surface area contributed by atoms with Crippen LogP contribution in [0.4, 0.5) is 10.5 Å². The number of fused-ring (bicyclic) bond motifs is 2. The maximum Gasteiger partial charge on any atom is 0.332 e. The second-order valence-corrected chi connectivity index (χ2v) is 9.46. The molecule has 3 rings (SSSR count). The number of anilines is 1. The molecule has 2 aliphatic carbocycles. The van der Waals surface area contributed by atoms with E-state index in [0.29, 0.717) is 6.54 Å². The molecule has 7 nitrogen and oxygen atoms in total. The first kappa shape index (κ1) is 20.6. The molecule has 0 bridgehead atoms. The summed E-state index contributed by atoms with van der Waals surface area (Å²) in [6.07, 6.45) is 6.31. The van der Waals surface area contributed by atoms with Crippen LogP contribution in [0.25, 0.3) is 0 Å². The Kier molecular flexibility index (Phi) is 6.27. The van der Waals surface area contributed by atoms with Crippen molar-refractivity contribution in [3.63, 3.8) is 0 Å². The molecule has 1 aromatic carbocycles. The van der Waals surface area contributed by atoms with Gasteiger partial charge in [0.2, 0.25) is 15.9 Å². The van der Waals surface area contributed by atoms with Crippen LogP contribution in [0, 0.1) is 0 Å². The van der Waals surface area contributed by atoms with E-state index in [1.165, 1.54) is 11.1 Å². The molecule has 2 N–H and O–H groups in total. The highest BCUT2D eigenvalue weighted by molar-refractivity contribution is 7.90. The Hall–Kier alpha value is -2.09. The Morgan fingerprint density at radius 3 is 2.25 bits per heavy atom. The number of hydrogen-bond donors (Lipinski definition) is 2. The van der Waals surface area contributed by atoms with Gasteiger partial charge >= 0.3 is 6.03 Å². The Bertz CT molecular complexity index is 848. The molecular weight excluding hydrogens is 378 g/mol. The van der Waals surface area contributed by atoms with Crippen LogP contribution in [0.1, 0.15) is 54.9 Å². The van der Waals surface area contributed by atoms with E-state index >= 15 is 0 Å². The minimum Gasteiger partial charge on any atom is -0.346 e. The third kappa shape index (κ3) is 4.66. The minimum absolute atomic E-state index is 0.0995. The second-order valence-electron chi connectivity index (χ2n) is 7.62. The molecule has 2 aliphatic rings. The number of nitrogens with zero attached hydrogens (tertiary/aromatic N) is 1. The van der Waals surface area contributed by atoms with E-state index < -0.39 is 16.1 Å². The topological polar surface area (TPSA) is 95.6 Å². The van der Waals surface area contributed by atoms with Crippen LogP contribution in [0.2, 0.25) is 0 Å². The van der Waals surface area contributed by atoms with E-state index in [1.807, 2.05) is 6.92 Å². The summed E-state index contributed by atoms with van der Waals surface area (Å²) in [6, 6.07) is 1.54. The van der Waals surface area contributed by atoms with Crippen LogP contribution in [-0.2, 0) is 40.5 Å². The first-order chi connectivity index (χ1) is 13.3. The van der Waals surface area contributed by atoms with Crippen LogP contribution < -0.4 is 10.0 Å². The van der Waals surface area contributed by atoms with Gasteiger partial charge in [0, 0.05) is 25.7 Å². The van der Waals surface area contributed by atoms with Gasteiger partial charge < -0.3 is 10.2 Å². The third-order valence-corrected chi connectivity index (χ3v) is 6.99. The third-order valence-electron chi connectivity index (χ3n) is 5.66. The van der Waals surface area contributed by atoms with Crippen molar-refractivity contribution in [3.05, 3.63) is 28.3 Å². The van der Waals surface area contributed by atoms with E-state index in [1.54, 1.807) is 11.9 Å². The molecule has 0 aliphatic heterocycles. The number of urea groups is 1. The lowest BCUT2D eigenvalue weighted by Crippen LogP contribution is -2.36. The predicted octanol–water partition coefficient (Wildman–Crippen LogP) is 2.37. The van der Waals surface area contributed by atoms with E-state index in [4.69, 9.17) is 0 Å². The first-order valence-corrected chi connectivity index (χ1v) is 11.7. The number of rotatable bonds is 7. The molecule has 0 unspecified atom stereocenters. The predicted molar refractivity (Wildman–Crippen MR) is 109 cm³/mol. The first-order valence-electron chi connectivity index (χ1n) is 10.0. The van der Waals surface area contributed by atoms with Gasteiger partial charge in [-0.3, -0.25) is 4.79 Å². The summed E-state index contributed by atoms with van der Waals surface area (Å²) in [5.41, 5.74) is 5.67. The van der Waals surface area contributed by atoms with Crippen molar-refractivity contribution in [2.24, 2.45) is 0 Å². The number of sulfonamides is 1. The van der Waals surface area contributed by atoms with Crippen molar-refractivity contribution in [2.45, 2.75) is 58.3 Å². The lowest BCUT2D eigenvalue weighted by atomic mass is 9.99. The van der Waals surface area contributed by atoms with Gasteiger partial charge in [0.25, 0.3) is 0 Å². The standard InChI is InChI=1S/C20H29N3O4S/c1-3-23(2)18(24)11-6-12-28(26,27)22-20(25)21-19-16-9-4-7-14(16)13-15-8-5-10-17(15)19/h13H,3-12H2,1-2H3,(H2,21,22,25). The van der Waals surface area contributed by atoms with Crippen LogP contribution in [0.5, 0.6) is 0 Å². The largest absolute Gasteiger partial charge is 0.346 e. The second kappa shape index (κ2) is 8.51. The molecule has 28 heavy (non-hydrogen) atoms. The van der Waals surface area contributed by atoms with Crippen molar-refractivity contribution in [2.75, 3.05) is 24.7 Å². The summed E-state index contributed by atoms with van der Waals surface area (Å²) in [5, 5.41) is 2.82. The Morgan fingerprint density at radius 1 is 1.07 bits per heavy atom. The lowest BCUT2D eigenvalue weighted by Gasteiger charge is -2.17. The van der Waals surface area contributed by atoms with Crippen molar-refractivity contribution >= 4 is 27.6 Å². The number of amides is 3. The van der Waals surface area contributed by atoms with Gasteiger partial charge in [0.15, 0.2) is 0 Å². The summed E-state index contributed by atoms with van der Waals surface area (Å²) >= 11 is 0. The number of carbonyl (C=O) groups excluding carboxylic acids is 2. The van der Waals surface area contributed by atoms with Gasteiger partial charge in [-0.1, -0.05) is 6.07 Å². The Morgan fingerprint density at radius 2 is 1.68 bits per heavy atom. The molecule has 0 aromatic heterocycles. The normalized spacial score (nSPS) is 15.1. The highest BCUT2D eigenvalue weighted by Crippen LogP contribution is 2.38. The average molecular weight is 408 g/mol. The number of benzene rings is 1. The number of hydrogen-bond acceptors (Lipinski definition) is 4. The van der Waals surface area contributed by atoms with Crippen molar-refractivity contribution in [3.8, 4) is 0 Å². The van der Waals surface area contributed by atoms with Gasteiger partial charge in [-0.2, -0.15) is 0 Å². The Labute approximate surface area is 166 Å². The number of aryl methyl sites for hydroxylation is 2. The van der Waals surface area contributed by atoms with Crippen LogP contribution >= 0.6 is 0 Å². The average Bonchev–Trinajstić information content (AvgIpc) is 3.28. The van der Waals surface area contributed by atoms with Crippen LogP contribution in [-0.4, -0.2) is 44.6 Å². The molecule has 154 valence electrons. The zero-order valence-corrected chi connectivity index (χ0v) is 17.5. The summed E-state index contributed by atoms with van der Waals surface area (Å²) < 4.78 is 26.5. The Balaban J connectivity index is 1.61. The maximum absolute atomic E-state index is 12.4. The number of carbonyl (C=O) groups is 2. The fourth-order valence-electron chi connectivity index (χ4n) is 4.08. The fourth-order valence-corrected chi connectivity index (χ4v) is 5.04. The molecule has 0 heterocycles. The highest BCUT2D eigenvalue weighted by Gasteiger charge is 2.26. The molecule has 0 spiro atoms. The highest BCUT2D eigenvalue weighted by atomic mass is 32.2. The molecule has 0 atom stereocenters.